The van der Waals surface area contributed by atoms with Crippen LogP contribution in [0.15, 0.2) is 43.0 Å². The van der Waals surface area contributed by atoms with Crippen LogP contribution in [0.3, 0.4) is 0 Å². The van der Waals surface area contributed by atoms with Gasteiger partial charge < -0.3 is 4.90 Å². The number of ketones is 1. The van der Waals surface area contributed by atoms with E-state index in [1.807, 2.05) is 37.3 Å². The molecule has 0 unspecified atom stereocenters. The Morgan fingerprint density at radius 1 is 1.42 bits per heavy atom. The molecule has 0 saturated carbocycles. The van der Waals surface area contributed by atoms with Gasteiger partial charge in [-0.15, -0.1) is 6.58 Å². The molecule has 100 valence electrons. The monoisotopic (exact) mass is 257 g/mol. The van der Waals surface area contributed by atoms with Crippen LogP contribution < -0.4 is 0 Å². The third-order valence-corrected chi connectivity index (χ3v) is 3.88. The molecule has 0 aliphatic carbocycles. The van der Waals surface area contributed by atoms with E-state index in [1.165, 1.54) is 6.92 Å². The van der Waals surface area contributed by atoms with E-state index in [4.69, 9.17) is 0 Å². The highest BCUT2D eigenvalue weighted by Gasteiger charge is 2.43. The normalized spacial score (nSPS) is 24.3. The third kappa shape index (κ3) is 2.46. The minimum atomic E-state index is -0.552. The molecular formula is C16H19NO2. The average Bonchev–Trinajstić information content (AvgIpc) is 2.76. The summed E-state index contributed by atoms with van der Waals surface area (Å²) >= 11 is 0. The van der Waals surface area contributed by atoms with Crippen LogP contribution in [0.25, 0.3) is 0 Å². The number of likely N-dealkylation sites (tertiary alicyclic amines) is 1. The molecule has 1 fully saturated rings. The number of rotatable bonds is 4. The fourth-order valence-corrected chi connectivity index (χ4v) is 2.73. The molecule has 19 heavy (non-hydrogen) atoms. The molecular weight excluding hydrogens is 238 g/mol. The first kappa shape index (κ1) is 13.5. The lowest BCUT2D eigenvalue weighted by Crippen LogP contribution is -2.32. The van der Waals surface area contributed by atoms with Crippen LogP contribution in [-0.2, 0) is 9.59 Å². The van der Waals surface area contributed by atoms with Crippen molar-refractivity contribution in [2.75, 3.05) is 6.54 Å². The molecule has 1 aromatic carbocycles. The van der Waals surface area contributed by atoms with E-state index in [1.54, 1.807) is 11.0 Å². The van der Waals surface area contributed by atoms with Crippen molar-refractivity contribution in [1.29, 1.82) is 0 Å². The SMILES string of the molecule is C=C[C@H]1CN([C@@H](C)c2ccccc2)C(=O)[C@@H]1C(C)=O. The minimum absolute atomic E-state index is 0.0134. The quantitative estimate of drug-likeness (QED) is 0.614. The van der Waals surface area contributed by atoms with Crippen molar-refractivity contribution >= 4 is 11.7 Å². The Labute approximate surface area is 113 Å². The van der Waals surface area contributed by atoms with Gasteiger partial charge in [-0.25, -0.2) is 0 Å². The molecule has 3 atom stereocenters. The molecule has 0 spiro atoms. The Hall–Kier alpha value is -1.90. The molecule has 3 nitrogen and oxygen atoms in total. The van der Waals surface area contributed by atoms with Gasteiger partial charge in [-0.2, -0.15) is 0 Å². The number of carbonyl (C=O) groups is 2. The summed E-state index contributed by atoms with van der Waals surface area (Å²) in [5.41, 5.74) is 1.09. The molecule has 0 N–H and O–H groups in total. The molecule has 1 heterocycles. The molecule has 2 rings (SSSR count). The third-order valence-electron chi connectivity index (χ3n) is 3.88. The molecule has 0 aromatic heterocycles. The van der Waals surface area contributed by atoms with Gasteiger partial charge in [0.2, 0.25) is 5.91 Å². The highest BCUT2D eigenvalue weighted by molar-refractivity contribution is 6.02. The standard InChI is InChI=1S/C16H19NO2/c1-4-13-10-17(16(19)15(13)12(3)18)11(2)14-8-6-5-7-9-14/h4-9,11,13,15H,1,10H2,2-3H3/t11-,13-,15+/m0/s1. The van der Waals surface area contributed by atoms with E-state index < -0.39 is 5.92 Å². The van der Waals surface area contributed by atoms with Crippen LogP contribution >= 0.6 is 0 Å². The molecule has 0 radical (unpaired) electrons. The molecule has 1 amide bonds. The maximum atomic E-state index is 12.4. The van der Waals surface area contributed by atoms with Crippen molar-refractivity contribution in [2.24, 2.45) is 11.8 Å². The Bertz CT molecular complexity index is 495. The molecule has 1 aliphatic heterocycles. The number of carbonyl (C=O) groups excluding carboxylic acids is 2. The number of benzene rings is 1. The summed E-state index contributed by atoms with van der Waals surface area (Å²) in [6, 6.07) is 9.86. The first-order chi connectivity index (χ1) is 9.06. The minimum Gasteiger partial charge on any atom is -0.335 e. The van der Waals surface area contributed by atoms with E-state index in [2.05, 4.69) is 6.58 Å². The van der Waals surface area contributed by atoms with E-state index in [0.717, 1.165) is 5.56 Å². The van der Waals surface area contributed by atoms with Gasteiger partial charge >= 0.3 is 0 Å². The molecule has 1 saturated heterocycles. The maximum absolute atomic E-state index is 12.4. The number of nitrogens with zero attached hydrogens (tertiary/aromatic N) is 1. The van der Waals surface area contributed by atoms with E-state index >= 15 is 0 Å². The van der Waals surface area contributed by atoms with Crippen molar-refractivity contribution in [1.82, 2.24) is 4.90 Å². The lowest BCUT2D eigenvalue weighted by atomic mass is 9.92. The lowest BCUT2D eigenvalue weighted by molar-refractivity contribution is -0.137. The zero-order valence-corrected chi connectivity index (χ0v) is 11.4. The van der Waals surface area contributed by atoms with Crippen molar-refractivity contribution in [3.8, 4) is 0 Å². The van der Waals surface area contributed by atoms with Crippen LogP contribution in [0, 0.1) is 11.8 Å². The second-order valence-electron chi connectivity index (χ2n) is 5.07. The highest BCUT2D eigenvalue weighted by atomic mass is 16.2. The summed E-state index contributed by atoms with van der Waals surface area (Å²) in [7, 11) is 0. The molecule has 0 bridgehead atoms. The van der Waals surface area contributed by atoms with Gasteiger partial charge in [0.05, 0.1) is 6.04 Å². The van der Waals surface area contributed by atoms with Crippen molar-refractivity contribution in [2.45, 2.75) is 19.9 Å². The van der Waals surface area contributed by atoms with Crippen LogP contribution in [0.4, 0.5) is 0 Å². The zero-order valence-electron chi connectivity index (χ0n) is 11.4. The summed E-state index contributed by atoms with van der Waals surface area (Å²) in [5, 5.41) is 0. The summed E-state index contributed by atoms with van der Waals surface area (Å²) < 4.78 is 0. The van der Waals surface area contributed by atoms with Gasteiger partial charge in [-0.3, -0.25) is 9.59 Å². The molecule has 1 aromatic rings. The Kier molecular flexibility index (Phi) is 3.84. The van der Waals surface area contributed by atoms with Gasteiger partial charge in [0.25, 0.3) is 0 Å². The van der Waals surface area contributed by atoms with Crippen molar-refractivity contribution in [3.05, 3.63) is 48.6 Å². The first-order valence-corrected chi connectivity index (χ1v) is 6.54. The van der Waals surface area contributed by atoms with Gasteiger partial charge in [0, 0.05) is 12.5 Å². The summed E-state index contributed by atoms with van der Waals surface area (Å²) in [5.74, 6) is -0.772. The topological polar surface area (TPSA) is 37.4 Å². The van der Waals surface area contributed by atoms with E-state index in [9.17, 15) is 9.59 Å². The summed E-state index contributed by atoms with van der Waals surface area (Å²) in [4.78, 5) is 25.8. The fraction of sp³-hybridized carbons (Fsp3) is 0.375. The van der Waals surface area contributed by atoms with Gasteiger partial charge in [-0.1, -0.05) is 36.4 Å². The van der Waals surface area contributed by atoms with E-state index in [-0.39, 0.29) is 23.7 Å². The molecule has 3 heteroatoms. The number of hydrogen-bond acceptors (Lipinski definition) is 2. The van der Waals surface area contributed by atoms with Gasteiger partial charge in [0.1, 0.15) is 11.7 Å². The Balaban J connectivity index is 2.25. The van der Waals surface area contributed by atoms with Gasteiger partial charge in [-0.05, 0) is 19.4 Å². The number of hydrogen-bond donors (Lipinski definition) is 0. The van der Waals surface area contributed by atoms with Crippen LogP contribution in [0.1, 0.15) is 25.5 Å². The Morgan fingerprint density at radius 3 is 2.53 bits per heavy atom. The first-order valence-electron chi connectivity index (χ1n) is 6.54. The fourth-order valence-electron chi connectivity index (χ4n) is 2.73. The van der Waals surface area contributed by atoms with E-state index in [0.29, 0.717) is 6.54 Å². The average molecular weight is 257 g/mol. The highest BCUT2D eigenvalue weighted by Crippen LogP contribution is 2.33. The summed E-state index contributed by atoms with van der Waals surface area (Å²) in [6.07, 6.45) is 1.72. The van der Waals surface area contributed by atoms with Crippen LogP contribution in [0.5, 0.6) is 0 Å². The second kappa shape index (κ2) is 5.39. The zero-order chi connectivity index (χ0) is 14.0. The van der Waals surface area contributed by atoms with Crippen LogP contribution in [-0.4, -0.2) is 23.1 Å². The predicted octanol–water partition coefficient (Wildman–Crippen LogP) is 2.60. The largest absolute Gasteiger partial charge is 0.335 e. The lowest BCUT2D eigenvalue weighted by Gasteiger charge is -2.25. The number of Topliss-reactive ketones (excluding diaryl/α,β-unsaturated/α-hetero) is 1. The van der Waals surface area contributed by atoms with Crippen molar-refractivity contribution in [3.63, 3.8) is 0 Å². The van der Waals surface area contributed by atoms with Crippen LogP contribution in [0.2, 0.25) is 0 Å². The number of amides is 1. The van der Waals surface area contributed by atoms with Gasteiger partial charge in [0.15, 0.2) is 0 Å². The molecule has 1 aliphatic rings. The Morgan fingerprint density at radius 2 is 2.05 bits per heavy atom. The summed E-state index contributed by atoms with van der Waals surface area (Å²) in [6.45, 7) is 7.80. The predicted molar refractivity (Wildman–Crippen MR) is 74.4 cm³/mol. The van der Waals surface area contributed by atoms with Crippen molar-refractivity contribution < 1.29 is 9.59 Å². The second-order valence-corrected chi connectivity index (χ2v) is 5.07. The maximum Gasteiger partial charge on any atom is 0.234 e. The smallest absolute Gasteiger partial charge is 0.234 e.